The maximum absolute atomic E-state index is 11.3. The Morgan fingerprint density at radius 1 is 1.47 bits per heavy atom. The van der Waals surface area contributed by atoms with Crippen LogP contribution in [0.25, 0.3) is 0 Å². The molecule has 1 heterocycles. The van der Waals surface area contributed by atoms with Gasteiger partial charge in [-0.25, -0.2) is 9.97 Å². The number of hydrogen-bond acceptors (Lipinski definition) is 5. The van der Waals surface area contributed by atoms with Crippen LogP contribution in [0.15, 0.2) is 12.4 Å². The van der Waals surface area contributed by atoms with Gasteiger partial charge < -0.3 is 9.64 Å². The number of hydrogen-bond donors (Lipinski definition) is 0. The number of ether oxygens (including phenoxy) is 1. The lowest BCUT2D eigenvalue weighted by Gasteiger charge is -2.22. The molecule has 0 saturated heterocycles. The molecule has 0 saturated carbocycles. The van der Waals surface area contributed by atoms with Crippen molar-refractivity contribution in [1.82, 2.24) is 9.97 Å². The third-order valence-corrected chi connectivity index (χ3v) is 2.22. The van der Waals surface area contributed by atoms with E-state index in [1.165, 1.54) is 19.5 Å². The predicted molar refractivity (Wildman–Crippen MR) is 66.1 cm³/mol. The summed E-state index contributed by atoms with van der Waals surface area (Å²) in [5.74, 6) is 0.552. The molecule has 5 nitrogen and oxygen atoms in total. The minimum absolute atomic E-state index is 0.135. The molecule has 0 fully saturated rings. The minimum Gasteiger partial charge on any atom is -0.468 e. The molecular formula is C11H16ClN3O2. The molecule has 0 N–H and O–H groups in total. The summed E-state index contributed by atoms with van der Waals surface area (Å²) in [6.07, 6.45) is 3.02. The Morgan fingerprint density at radius 3 is 2.53 bits per heavy atom. The summed E-state index contributed by atoms with van der Waals surface area (Å²) in [5.41, 5.74) is 0. The van der Waals surface area contributed by atoms with Crippen molar-refractivity contribution in [3.63, 3.8) is 0 Å². The highest BCUT2D eigenvalue weighted by molar-refractivity contribution is 6.30. The molecule has 0 aliphatic heterocycles. The molecule has 1 aromatic rings. The quantitative estimate of drug-likeness (QED) is 0.753. The lowest BCUT2D eigenvalue weighted by molar-refractivity contribution is -0.139. The number of carbonyl (C=O) groups excluding carboxylic acids is 1. The molecule has 17 heavy (non-hydrogen) atoms. The summed E-state index contributed by atoms with van der Waals surface area (Å²) in [6.45, 7) is 4.92. The smallest absolute Gasteiger partial charge is 0.325 e. The van der Waals surface area contributed by atoms with Crippen LogP contribution in [0.1, 0.15) is 13.8 Å². The van der Waals surface area contributed by atoms with Crippen LogP contribution in [-0.4, -0.2) is 36.1 Å². The maximum atomic E-state index is 11.3. The Balaban J connectivity index is 2.81. The molecule has 1 rings (SSSR count). The topological polar surface area (TPSA) is 55.3 Å². The molecule has 94 valence electrons. The molecule has 0 unspecified atom stereocenters. The van der Waals surface area contributed by atoms with Crippen LogP contribution in [0.2, 0.25) is 5.02 Å². The van der Waals surface area contributed by atoms with Gasteiger partial charge in [-0.3, -0.25) is 4.79 Å². The third kappa shape index (κ3) is 4.56. The number of esters is 1. The van der Waals surface area contributed by atoms with Crippen LogP contribution in [0.3, 0.4) is 0 Å². The Kier molecular flexibility index (Phi) is 5.15. The van der Waals surface area contributed by atoms with E-state index in [9.17, 15) is 4.79 Å². The van der Waals surface area contributed by atoms with E-state index in [1.54, 1.807) is 4.90 Å². The SMILES string of the molecule is COC(=O)CN(CC(C)C)c1ncc(Cl)cn1. The van der Waals surface area contributed by atoms with E-state index < -0.39 is 0 Å². The molecule has 0 spiro atoms. The van der Waals surface area contributed by atoms with Crippen LogP contribution in [0.4, 0.5) is 5.95 Å². The minimum atomic E-state index is -0.316. The molecule has 0 aliphatic carbocycles. The van der Waals surface area contributed by atoms with Gasteiger partial charge in [-0.05, 0) is 5.92 Å². The lowest BCUT2D eigenvalue weighted by Crippen LogP contribution is -2.34. The highest BCUT2D eigenvalue weighted by Gasteiger charge is 2.15. The standard InChI is InChI=1S/C11H16ClN3O2/c1-8(2)6-15(7-10(16)17-3)11-13-4-9(12)5-14-11/h4-5,8H,6-7H2,1-3H3. The van der Waals surface area contributed by atoms with Gasteiger partial charge in [-0.2, -0.15) is 0 Å². The summed E-state index contributed by atoms with van der Waals surface area (Å²) in [5, 5.41) is 0.469. The first-order valence-electron chi connectivity index (χ1n) is 5.32. The van der Waals surface area contributed by atoms with Crippen LogP contribution in [0, 0.1) is 5.92 Å². The fourth-order valence-electron chi connectivity index (χ4n) is 1.35. The van der Waals surface area contributed by atoms with E-state index in [0.29, 0.717) is 23.4 Å². The Labute approximate surface area is 106 Å². The fourth-order valence-corrected chi connectivity index (χ4v) is 1.44. The van der Waals surface area contributed by atoms with Gasteiger partial charge in [-0.15, -0.1) is 0 Å². The number of anilines is 1. The second kappa shape index (κ2) is 6.39. The second-order valence-corrected chi connectivity index (χ2v) is 4.49. The van der Waals surface area contributed by atoms with Gasteiger partial charge in [0.25, 0.3) is 0 Å². The summed E-state index contributed by atoms with van der Waals surface area (Å²) >= 11 is 5.72. The maximum Gasteiger partial charge on any atom is 0.325 e. The molecule has 0 radical (unpaired) electrons. The third-order valence-electron chi connectivity index (χ3n) is 2.02. The summed E-state index contributed by atoms with van der Waals surface area (Å²) in [4.78, 5) is 21.3. The zero-order valence-electron chi connectivity index (χ0n) is 10.2. The van der Waals surface area contributed by atoms with Crippen molar-refractivity contribution >= 4 is 23.5 Å². The van der Waals surface area contributed by atoms with Crippen molar-refractivity contribution in [3.8, 4) is 0 Å². The Bertz CT molecular complexity index is 367. The van der Waals surface area contributed by atoms with Crippen molar-refractivity contribution in [3.05, 3.63) is 17.4 Å². The summed E-state index contributed by atoms with van der Waals surface area (Å²) < 4.78 is 4.65. The van der Waals surface area contributed by atoms with Crippen molar-refractivity contribution in [2.75, 3.05) is 25.1 Å². The molecular weight excluding hydrogens is 242 g/mol. The van der Waals surface area contributed by atoms with Gasteiger partial charge in [0.05, 0.1) is 24.5 Å². The average Bonchev–Trinajstić information content (AvgIpc) is 2.28. The molecule has 0 atom stereocenters. The number of methoxy groups -OCH3 is 1. The van der Waals surface area contributed by atoms with Crippen LogP contribution < -0.4 is 4.90 Å². The number of nitrogens with zero attached hydrogens (tertiary/aromatic N) is 3. The van der Waals surface area contributed by atoms with Crippen LogP contribution in [0.5, 0.6) is 0 Å². The van der Waals surface area contributed by atoms with E-state index in [1.807, 2.05) is 0 Å². The normalized spacial score (nSPS) is 10.4. The average molecular weight is 258 g/mol. The number of carbonyl (C=O) groups is 1. The van der Waals surface area contributed by atoms with Crippen LogP contribution in [-0.2, 0) is 9.53 Å². The second-order valence-electron chi connectivity index (χ2n) is 4.05. The number of rotatable bonds is 5. The van der Waals surface area contributed by atoms with Gasteiger partial charge in [0.15, 0.2) is 0 Å². The first-order chi connectivity index (χ1) is 8.02. The van der Waals surface area contributed by atoms with Crippen LogP contribution >= 0.6 is 11.6 Å². The van der Waals surface area contributed by atoms with Crippen molar-refractivity contribution in [2.45, 2.75) is 13.8 Å². The first-order valence-corrected chi connectivity index (χ1v) is 5.70. The van der Waals surface area contributed by atoms with Gasteiger partial charge in [0, 0.05) is 6.54 Å². The Hall–Kier alpha value is -1.36. The lowest BCUT2D eigenvalue weighted by atomic mass is 10.2. The highest BCUT2D eigenvalue weighted by Crippen LogP contribution is 2.12. The van der Waals surface area contributed by atoms with Crippen molar-refractivity contribution in [1.29, 1.82) is 0 Å². The van der Waals surface area contributed by atoms with Crippen molar-refractivity contribution in [2.24, 2.45) is 5.92 Å². The zero-order valence-corrected chi connectivity index (χ0v) is 10.9. The molecule has 6 heteroatoms. The predicted octanol–water partition coefficient (Wildman–Crippen LogP) is 1.77. The first kappa shape index (κ1) is 13.7. The number of halogens is 1. The van der Waals surface area contributed by atoms with E-state index in [0.717, 1.165) is 0 Å². The molecule has 1 aromatic heterocycles. The molecule has 0 amide bonds. The highest BCUT2D eigenvalue weighted by atomic mass is 35.5. The van der Waals surface area contributed by atoms with Gasteiger partial charge in [0.2, 0.25) is 5.95 Å². The largest absolute Gasteiger partial charge is 0.468 e. The molecule has 0 aromatic carbocycles. The van der Waals surface area contributed by atoms with E-state index in [-0.39, 0.29) is 12.5 Å². The van der Waals surface area contributed by atoms with E-state index in [4.69, 9.17) is 11.6 Å². The molecule has 0 aliphatic rings. The van der Waals surface area contributed by atoms with Gasteiger partial charge in [0.1, 0.15) is 6.54 Å². The van der Waals surface area contributed by atoms with Gasteiger partial charge in [-0.1, -0.05) is 25.4 Å². The zero-order chi connectivity index (χ0) is 12.8. The molecule has 0 bridgehead atoms. The Morgan fingerprint density at radius 2 is 2.06 bits per heavy atom. The monoisotopic (exact) mass is 257 g/mol. The fraction of sp³-hybridized carbons (Fsp3) is 0.545. The summed E-state index contributed by atoms with van der Waals surface area (Å²) in [7, 11) is 1.36. The van der Waals surface area contributed by atoms with E-state index >= 15 is 0 Å². The summed E-state index contributed by atoms with van der Waals surface area (Å²) in [6, 6.07) is 0. The number of aromatic nitrogens is 2. The van der Waals surface area contributed by atoms with Crippen molar-refractivity contribution < 1.29 is 9.53 Å². The van der Waals surface area contributed by atoms with E-state index in [2.05, 4.69) is 28.6 Å². The van der Waals surface area contributed by atoms with Gasteiger partial charge >= 0.3 is 5.97 Å².